The Kier molecular flexibility index (Phi) is 5.64. The van der Waals surface area contributed by atoms with Gasteiger partial charge in [0.2, 0.25) is 0 Å². The summed E-state index contributed by atoms with van der Waals surface area (Å²) in [6.07, 6.45) is 3.34. The van der Waals surface area contributed by atoms with Gasteiger partial charge in [0, 0.05) is 18.7 Å². The van der Waals surface area contributed by atoms with Crippen LogP contribution in [0.1, 0.15) is 27.4 Å². The average molecular weight is 372 g/mol. The van der Waals surface area contributed by atoms with Gasteiger partial charge in [-0.2, -0.15) is 10.2 Å². The Labute approximate surface area is 155 Å². The van der Waals surface area contributed by atoms with Crippen LogP contribution in [0.2, 0.25) is 10.0 Å². The van der Waals surface area contributed by atoms with Crippen LogP contribution in [0.3, 0.4) is 0 Å². The molecule has 0 saturated heterocycles. The van der Waals surface area contributed by atoms with Gasteiger partial charge in [-0.05, 0) is 29.3 Å². The van der Waals surface area contributed by atoms with E-state index < -0.39 is 0 Å². The first kappa shape index (κ1) is 17.4. The standard InChI is InChI=1S/C19H15Cl2N3O/c20-17-8-4-7-15(18(17)21)19(25)22-12-16(13-5-2-1-3-6-13)14-9-10-23-24-11-14/h1-11,16H,12H2,(H,22,25). The molecule has 4 nitrogen and oxygen atoms in total. The van der Waals surface area contributed by atoms with E-state index in [1.54, 1.807) is 30.6 Å². The van der Waals surface area contributed by atoms with Gasteiger partial charge in [0.05, 0.1) is 21.8 Å². The van der Waals surface area contributed by atoms with Gasteiger partial charge < -0.3 is 5.32 Å². The summed E-state index contributed by atoms with van der Waals surface area (Å²) in [5.74, 6) is -0.311. The Morgan fingerprint density at radius 1 is 0.960 bits per heavy atom. The highest BCUT2D eigenvalue weighted by molar-refractivity contribution is 6.43. The molecule has 2 aromatic carbocycles. The van der Waals surface area contributed by atoms with Crippen molar-refractivity contribution in [2.45, 2.75) is 5.92 Å². The van der Waals surface area contributed by atoms with Crippen molar-refractivity contribution in [2.75, 3.05) is 6.54 Å². The Morgan fingerprint density at radius 2 is 1.76 bits per heavy atom. The molecule has 25 heavy (non-hydrogen) atoms. The van der Waals surface area contributed by atoms with Crippen LogP contribution in [0.25, 0.3) is 0 Å². The largest absolute Gasteiger partial charge is 0.351 e. The van der Waals surface area contributed by atoms with Crippen molar-refractivity contribution in [3.8, 4) is 0 Å². The van der Waals surface area contributed by atoms with E-state index in [9.17, 15) is 4.79 Å². The zero-order valence-electron chi connectivity index (χ0n) is 13.2. The molecular formula is C19H15Cl2N3O. The number of benzene rings is 2. The molecule has 0 saturated carbocycles. The number of nitrogens with zero attached hydrogens (tertiary/aromatic N) is 2. The zero-order chi connectivity index (χ0) is 17.6. The molecule has 1 heterocycles. The van der Waals surface area contributed by atoms with Crippen molar-refractivity contribution in [2.24, 2.45) is 0 Å². The van der Waals surface area contributed by atoms with E-state index in [1.807, 2.05) is 36.4 Å². The Hall–Kier alpha value is -2.43. The van der Waals surface area contributed by atoms with Gasteiger partial charge in [-0.25, -0.2) is 0 Å². The second-order valence-corrected chi connectivity index (χ2v) is 6.24. The third-order valence-electron chi connectivity index (χ3n) is 3.87. The summed E-state index contributed by atoms with van der Waals surface area (Å²) in [5, 5.41) is 11.3. The molecule has 0 radical (unpaired) electrons. The molecule has 126 valence electrons. The van der Waals surface area contributed by atoms with Crippen molar-refractivity contribution >= 4 is 29.1 Å². The third-order valence-corrected chi connectivity index (χ3v) is 4.69. The second kappa shape index (κ2) is 8.10. The Balaban J connectivity index is 1.82. The van der Waals surface area contributed by atoms with Crippen molar-refractivity contribution in [1.29, 1.82) is 0 Å². The average Bonchev–Trinajstić information content (AvgIpc) is 2.66. The van der Waals surface area contributed by atoms with Crippen molar-refractivity contribution in [1.82, 2.24) is 15.5 Å². The number of nitrogens with one attached hydrogen (secondary N) is 1. The van der Waals surface area contributed by atoms with Crippen molar-refractivity contribution < 1.29 is 4.79 Å². The van der Waals surface area contributed by atoms with Gasteiger partial charge in [0.25, 0.3) is 5.91 Å². The van der Waals surface area contributed by atoms with E-state index in [0.717, 1.165) is 11.1 Å². The minimum Gasteiger partial charge on any atom is -0.351 e. The fourth-order valence-electron chi connectivity index (χ4n) is 2.59. The smallest absolute Gasteiger partial charge is 0.252 e. The fraction of sp³-hybridized carbons (Fsp3) is 0.105. The summed E-state index contributed by atoms with van der Waals surface area (Å²) in [4.78, 5) is 12.5. The maximum atomic E-state index is 12.5. The van der Waals surface area contributed by atoms with E-state index in [2.05, 4.69) is 15.5 Å². The predicted molar refractivity (Wildman–Crippen MR) is 99.1 cm³/mol. The van der Waals surface area contributed by atoms with Crippen LogP contribution in [0, 0.1) is 0 Å². The Bertz CT molecular complexity index is 818. The molecule has 1 N–H and O–H groups in total. The lowest BCUT2D eigenvalue weighted by Crippen LogP contribution is -2.29. The first-order valence-corrected chi connectivity index (χ1v) is 8.46. The van der Waals surface area contributed by atoms with E-state index in [-0.39, 0.29) is 16.8 Å². The SMILES string of the molecule is O=C(NCC(c1ccccc1)c1ccnnc1)c1cccc(Cl)c1Cl. The summed E-state index contributed by atoms with van der Waals surface area (Å²) in [6, 6.07) is 16.8. The maximum Gasteiger partial charge on any atom is 0.252 e. The number of rotatable bonds is 5. The zero-order valence-corrected chi connectivity index (χ0v) is 14.7. The third kappa shape index (κ3) is 4.16. The van der Waals surface area contributed by atoms with E-state index in [0.29, 0.717) is 17.1 Å². The lowest BCUT2D eigenvalue weighted by Gasteiger charge is -2.18. The van der Waals surface area contributed by atoms with Gasteiger partial charge in [-0.15, -0.1) is 0 Å². The summed E-state index contributed by atoms with van der Waals surface area (Å²) >= 11 is 12.1. The topological polar surface area (TPSA) is 54.9 Å². The van der Waals surface area contributed by atoms with Gasteiger partial charge >= 0.3 is 0 Å². The first-order valence-electron chi connectivity index (χ1n) is 7.70. The highest BCUT2D eigenvalue weighted by atomic mass is 35.5. The molecule has 3 aromatic rings. The van der Waals surface area contributed by atoms with Gasteiger partial charge in [0.15, 0.2) is 0 Å². The van der Waals surface area contributed by atoms with Crippen LogP contribution in [0.4, 0.5) is 0 Å². The van der Waals surface area contributed by atoms with E-state index in [1.165, 1.54) is 0 Å². The molecule has 0 fully saturated rings. The van der Waals surface area contributed by atoms with Crippen LogP contribution in [-0.2, 0) is 0 Å². The van der Waals surface area contributed by atoms with Crippen molar-refractivity contribution in [3.63, 3.8) is 0 Å². The van der Waals surface area contributed by atoms with Crippen LogP contribution in [0.5, 0.6) is 0 Å². The first-order chi connectivity index (χ1) is 12.2. The van der Waals surface area contributed by atoms with Gasteiger partial charge in [-0.1, -0.05) is 59.6 Å². The lowest BCUT2D eigenvalue weighted by atomic mass is 9.92. The van der Waals surface area contributed by atoms with Crippen LogP contribution >= 0.6 is 23.2 Å². The molecular weight excluding hydrogens is 357 g/mol. The highest BCUT2D eigenvalue weighted by Crippen LogP contribution is 2.26. The maximum absolute atomic E-state index is 12.5. The van der Waals surface area contributed by atoms with Crippen molar-refractivity contribution in [3.05, 3.63) is 93.7 Å². The number of amides is 1. The predicted octanol–water partition coefficient (Wildman–Crippen LogP) is 4.35. The molecule has 1 unspecified atom stereocenters. The minimum absolute atomic E-state index is 0.0430. The summed E-state index contributed by atoms with van der Waals surface area (Å²) in [7, 11) is 0. The molecule has 0 aliphatic heterocycles. The molecule has 0 aliphatic rings. The molecule has 1 atom stereocenters. The van der Waals surface area contributed by atoms with Crippen LogP contribution in [-0.4, -0.2) is 22.6 Å². The van der Waals surface area contributed by atoms with E-state index in [4.69, 9.17) is 23.2 Å². The number of hydrogen-bond donors (Lipinski definition) is 1. The molecule has 1 aromatic heterocycles. The van der Waals surface area contributed by atoms with Gasteiger partial charge in [0.1, 0.15) is 0 Å². The minimum atomic E-state index is -0.268. The summed E-state index contributed by atoms with van der Waals surface area (Å²) in [5.41, 5.74) is 2.40. The normalized spacial score (nSPS) is 11.8. The molecule has 3 rings (SSSR count). The fourth-order valence-corrected chi connectivity index (χ4v) is 2.98. The molecule has 0 aliphatic carbocycles. The number of aromatic nitrogens is 2. The quantitative estimate of drug-likeness (QED) is 0.725. The van der Waals surface area contributed by atoms with Gasteiger partial charge in [-0.3, -0.25) is 4.79 Å². The molecule has 1 amide bonds. The van der Waals surface area contributed by atoms with E-state index >= 15 is 0 Å². The van der Waals surface area contributed by atoms with Crippen LogP contribution in [0.15, 0.2) is 67.0 Å². The monoisotopic (exact) mass is 371 g/mol. The Morgan fingerprint density at radius 3 is 2.48 bits per heavy atom. The number of carbonyl (C=O) groups is 1. The number of carbonyl (C=O) groups excluding carboxylic acids is 1. The summed E-state index contributed by atoms with van der Waals surface area (Å²) in [6.45, 7) is 0.400. The number of hydrogen-bond acceptors (Lipinski definition) is 3. The van der Waals surface area contributed by atoms with Crippen LogP contribution < -0.4 is 5.32 Å². The summed E-state index contributed by atoms with van der Waals surface area (Å²) < 4.78 is 0. The number of halogens is 2. The second-order valence-electron chi connectivity index (χ2n) is 5.45. The molecule has 0 bridgehead atoms. The molecule has 6 heteroatoms. The highest BCUT2D eigenvalue weighted by Gasteiger charge is 2.18. The lowest BCUT2D eigenvalue weighted by molar-refractivity contribution is 0.0952. The molecule has 0 spiro atoms.